The lowest BCUT2D eigenvalue weighted by Crippen LogP contribution is -2.36. The van der Waals surface area contributed by atoms with E-state index in [1.807, 2.05) is 6.33 Å². The molecule has 0 saturated heterocycles. The fourth-order valence-electron chi connectivity index (χ4n) is 2.41. The Labute approximate surface area is 116 Å². The minimum absolute atomic E-state index is 0.247. The maximum atomic E-state index is 4.15. The zero-order chi connectivity index (χ0) is 13.7. The van der Waals surface area contributed by atoms with Crippen molar-refractivity contribution in [1.29, 1.82) is 0 Å². The second-order valence-corrected chi connectivity index (χ2v) is 6.45. The minimum atomic E-state index is 0.247. The first-order chi connectivity index (χ1) is 9.04. The standard InChI is InChI=1S/C14H27N5/c1-14(2,3)15-7-5-4-6-8-18-9-10-19-12-16-17-13(19)11-18/h12,15H,4-11H2,1-3H3. The van der Waals surface area contributed by atoms with Crippen molar-refractivity contribution in [3.63, 3.8) is 0 Å². The number of hydrogen-bond acceptors (Lipinski definition) is 4. The molecule has 0 amide bonds. The zero-order valence-electron chi connectivity index (χ0n) is 12.5. The van der Waals surface area contributed by atoms with Gasteiger partial charge in [-0.15, -0.1) is 10.2 Å². The van der Waals surface area contributed by atoms with E-state index in [2.05, 4.69) is 45.8 Å². The maximum Gasteiger partial charge on any atom is 0.147 e. The average molecular weight is 265 g/mol. The highest BCUT2D eigenvalue weighted by molar-refractivity contribution is 4.89. The van der Waals surface area contributed by atoms with Crippen molar-refractivity contribution < 1.29 is 0 Å². The molecule has 0 radical (unpaired) electrons. The van der Waals surface area contributed by atoms with Crippen LogP contribution in [0.4, 0.5) is 0 Å². The molecule has 2 rings (SSSR count). The van der Waals surface area contributed by atoms with Gasteiger partial charge in [0.1, 0.15) is 12.2 Å². The lowest BCUT2D eigenvalue weighted by atomic mass is 10.1. The van der Waals surface area contributed by atoms with Gasteiger partial charge < -0.3 is 9.88 Å². The van der Waals surface area contributed by atoms with Gasteiger partial charge in [-0.2, -0.15) is 0 Å². The Morgan fingerprint density at radius 1 is 1.21 bits per heavy atom. The summed E-state index contributed by atoms with van der Waals surface area (Å²) in [5, 5.41) is 11.6. The first-order valence-corrected chi connectivity index (χ1v) is 7.39. The van der Waals surface area contributed by atoms with Crippen molar-refractivity contribution in [2.75, 3.05) is 19.6 Å². The molecule has 0 bridgehead atoms. The molecule has 1 aromatic rings. The smallest absolute Gasteiger partial charge is 0.147 e. The van der Waals surface area contributed by atoms with Crippen LogP contribution >= 0.6 is 0 Å². The number of fused-ring (bicyclic) bond motifs is 1. The van der Waals surface area contributed by atoms with Crippen LogP contribution in [0.25, 0.3) is 0 Å². The molecule has 1 aromatic heterocycles. The lowest BCUT2D eigenvalue weighted by molar-refractivity contribution is 0.212. The highest BCUT2D eigenvalue weighted by Crippen LogP contribution is 2.10. The van der Waals surface area contributed by atoms with E-state index in [9.17, 15) is 0 Å². The monoisotopic (exact) mass is 265 g/mol. The minimum Gasteiger partial charge on any atom is -0.315 e. The van der Waals surface area contributed by atoms with E-state index in [4.69, 9.17) is 0 Å². The second kappa shape index (κ2) is 6.48. The third-order valence-electron chi connectivity index (χ3n) is 3.52. The van der Waals surface area contributed by atoms with E-state index in [1.165, 1.54) is 25.8 Å². The summed E-state index contributed by atoms with van der Waals surface area (Å²) in [5.41, 5.74) is 0.247. The molecular weight excluding hydrogens is 238 g/mol. The predicted molar refractivity (Wildman–Crippen MR) is 76.9 cm³/mol. The molecule has 1 aliphatic heterocycles. The van der Waals surface area contributed by atoms with Crippen LogP contribution in [-0.4, -0.2) is 44.8 Å². The van der Waals surface area contributed by atoms with Crippen molar-refractivity contribution in [2.24, 2.45) is 0 Å². The summed E-state index contributed by atoms with van der Waals surface area (Å²) in [6, 6.07) is 0. The van der Waals surface area contributed by atoms with Crippen LogP contribution in [0.2, 0.25) is 0 Å². The van der Waals surface area contributed by atoms with Crippen LogP contribution in [0.15, 0.2) is 6.33 Å². The molecule has 0 fully saturated rings. The Bertz CT molecular complexity index is 379. The fourth-order valence-corrected chi connectivity index (χ4v) is 2.41. The van der Waals surface area contributed by atoms with Gasteiger partial charge in [0, 0.05) is 18.6 Å². The number of rotatable bonds is 6. The molecule has 19 heavy (non-hydrogen) atoms. The Balaban J connectivity index is 1.55. The molecule has 2 heterocycles. The predicted octanol–water partition coefficient (Wildman–Crippen LogP) is 1.65. The van der Waals surface area contributed by atoms with Gasteiger partial charge in [0.25, 0.3) is 0 Å². The molecule has 0 spiro atoms. The van der Waals surface area contributed by atoms with Gasteiger partial charge in [-0.3, -0.25) is 4.90 Å². The molecule has 0 atom stereocenters. The number of nitrogens with one attached hydrogen (secondary N) is 1. The Morgan fingerprint density at radius 2 is 2.05 bits per heavy atom. The summed E-state index contributed by atoms with van der Waals surface area (Å²) in [6.07, 6.45) is 5.68. The molecule has 108 valence electrons. The number of unbranched alkanes of at least 4 members (excludes halogenated alkanes) is 2. The molecule has 5 nitrogen and oxygen atoms in total. The lowest BCUT2D eigenvalue weighted by Gasteiger charge is -2.26. The summed E-state index contributed by atoms with van der Waals surface area (Å²) in [5.74, 6) is 1.11. The average Bonchev–Trinajstić information content (AvgIpc) is 2.79. The molecule has 1 aliphatic rings. The van der Waals surface area contributed by atoms with Gasteiger partial charge in [0.05, 0.1) is 6.54 Å². The summed E-state index contributed by atoms with van der Waals surface area (Å²) >= 11 is 0. The molecule has 0 aromatic carbocycles. The first-order valence-electron chi connectivity index (χ1n) is 7.39. The van der Waals surface area contributed by atoms with E-state index >= 15 is 0 Å². The number of nitrogens with zero attached hydrogens (tertiary/aromatic N) is 4. The SMILES string of the molecule is CC(C)(C)NCCCCCN1CCn2cnnc2C1. The summed E-state index contributed by atoms with van der Waals surface area (Å²) < 4.78 is 2.16. The van der Waals surface area contributed by atoms with E-state index in [0.717, 1.165) is 32.0 Å². The molecule has 0 unspecified atom stereocenters. The highest BCUT2D eigenvalue weighted by atomic mass is 15.3. The van der Waals surface area contributed by atoms with Gasteiger partial charge in [-0.1, -0.05) is 6.42 Å². The molecule has 0 saturated carbocycles. The third-order valence-corrected chi connectivity index (χ3v) is 3.52. The Kier molecular flexibility index (Phi) is 4.93. The van der Waals surface area contributed by atoms with Gasteiger partial charge in [-0.05, 0) is 46.7 Å². The van der Waals surface area contributed by atoms with Crippen molar-refractivity contribution in [3.05, 3.63) is 12.2 Å². The summed E-state index contributed by atoms with van der Waals surface area (Å²) in [7, 11) is 0. The van der Waals surface area contributed by atoms with Crippen LogP contribution in [0, 0.1) is 0 Å². The van der Waals surface area contributed by atoms with E-state index in [1.54, 1.807) is 0 Å². The highest BCUT2D eigenvalue weighted by Gasteiger charge is 2.16. The molecule has 1 N–H and O–H groups in total. The van der Waals surface area contributed by atoms with Gasteiger partial charge in [0.15, 0.2) is 0 Å². The topological polar surface area (TPSA) is 46.0 Å². The first kappa shape index (κ1) is 14.5. The number of hydrogen-bond donors (Lipinski definition) is 1. The van der Waals surface area contributed by atoms with E-state index in [-0.39, 0.29) is 5.54 Å². The van der Waals surface area contributed by atoms with Crippen molar-refractivity contribution >= 4 is 0 Å². The van der Waals surface area contributed by atoms with E-state index in [0.29, 0.717) is 0 Å². The van der Waals surface area contributed by atoms with Crippen molar-refractivity contribution in [2.45, 2.75) is 58.7 Å². The van der Waals surface area contributed by atoms with Gasteiger partial charge in [0.2, 0.25) is 0 Å². The molecular formula is C14H27N5. The van der Waals surface area contributed by atoms with Crippen molar-refractivity contribution in [3.8, 4) is 0 Å². The van der Waals surface area contributed by atoms with Crippen LogP contribution in [-0.2, 0) is 13.1 Å². The summed E-state index contributed by atoms with van der Waals surface area (Å²) in [6.45, 7) is 12.1. The Morgan fingerprint density at radius 3 is 2.84 bits per heavy atom. The Hall–Kier alpha value is -0.940. The van der Waals surface area contributed by atoms with Crippen LogP contribution in [0.5, 0.6) is 0 Å². The summed E-state index contributed by atoms with van der Waals surface area (Å²) in [4.78, 5) is 2.49. The van der Waals surface area contributed by atoms with Crippen LogP contribution in [0.3, 0.4) is 0 Å². The quantitative estimate of drug-likeness (QED) is 0.795. The second-order valence-electron chi connectivity index (χ2n) is 6.45. The van der Waals surface area contributed by atoms with E-state index < -0.39 is 0 Å². The van der Waals surface area contributed by atoms with Gasteiger partial charge in [-0.25, -0.2) is 0 Å². The van der Waals surface area contributed by atoms with Gasteiger partial charge >= 0.3 is 0 Å². The van der Waals surface area contributed by atoms with Crippen molar-refractivity contribution in [1.82, 2.24) is 25.0 Å². The largest absolute Gasteiger partial charge is 0.315 e. The van der Waals surface area contributed by atoms with Crippen LogP contribution in [0.1, 0.15) is 45.9 Å². The third kappa shape index (κ3) is 4.91. The zero-order valence-corrected chi connectivity index (χ0v) is 12.5. The van der Waals surface area contributed by atoms with Crippen LogP contribution < -0.4 is 5.32 Å². The fraction of sp³-hybridized carbons (Fsp3) is 0.857. The molecule has 5 heteroatoms. The molecule has 0 aliphatic carbocycles. The maximum absolute atomic E-state index is 4.15. The number of aromatic nitrogens is 3. The normalized spacial score (nSPS) is 16.6.